The molecule has 0 N–H and O–H groups in total. The van der Waals surface area contributed by atoms with Gasteiger partial charge >= 0.3 is 0 Å². The second kappa shape index (κ2) is 4.62. The maximum absolute atomic E-state index is 2.52. The quantitative estimate of drug-likeness (QED) is 0.373. The standard InChI is InChI=1S/C8H19N2.HI/c1-4-9-5-7-10(2,3)8-6-9;/h4-8H2,1-3H3;1H/q+1;/p-1. The van der Waals surface area contributed by atoms with Crippen LogP contribution in [0.3, 0.4) is 0 Å². The fourth-order valence-electron chi connectivity index (χ4n) is 1.36. The van der Waals surface area contributed by atoms with Crippen molar-refractivity contribution in [3.63, 3.8) is 0 Å². The van der Waals surface area contributed by atoms with Gasteiger partial charge in [0.05, 0.1) is 27.2 Å². The predicted molar refractivity (Wildman–Crippen MR) is 44.0 cm³/mol. The van der Waals surface area contributed by atoms with Crippen LogP contribution in [0.15, 0.2) is 0 Å². The van der Waals surface area contributed by atoms with Crippen molar-refractivity contribution in [1.29, 1.82) is 0 Å². The maximum Gasteiger partial charge on any atom is 0.0912 e. The summed E-state index contributed by atoms with van der Waals surface area (Å²) in [6.07, 6.45) is 0. The number of hydrogen-bond acceptors (Lipinski definition) is 1. The van der Waals surface area contributed by atoms with Crippen LogP contribution in [0.1, 0.15) is 6.92 Å². The summed E-state index contributed by atoms with van der Waals surface area (Å²) >= 11 is 0. The van der Waals surface area contributed by atoms with Crippen LogP contribution in [0, 0.1) is 0 Å². The zero-order chi connectivity index (χ0) is 7.61. The van der Waals surface area contributed by atoms with Crippen LogP contribution in [-0.4, -0.2) is 56.2 Å². The third kappa shape index (κ3) is 3.71. The van der Waals surface area contributed by atoms with Gasteiger partial charge in [0.1, 0.15) is 0 Å². The fraction of sp³-hybridized carbons (Fsp3) is 1.00. The van der Waals surface area contributed by atoms with Gasteiger partial charge in [-0.3, -0.25) is 4.90 Å². The molecule has 0 amide bonds. The summed E-state index contributed by atoms with van der Waals surface area (Å²) < 4.78 is 1.20. The molecule has 0 unspecified atom stereocenters. The number of nitrogens with zero attached hydrogens (tertiary/aromatic N) is 2. The smallest absolute Gasteiger partial charge is 0.0912 e. The van der Waals surface area contributed by atoms with E-state index in [0.29, 0.717) is 0 Å². The van der Waals surface area contributed by atoms with Gasteiger partial charge in [-0.1, -0.05) is 6.92 Å². The first kappa shape index (κ1) is 11.6. The lowest BCUT2D eigenvalue weighted by Gasteiger charge is -2.38. The van der Waals surface area contributed by atoms with E-state index in [1.54, 1.807) is 0 Å². The first-order valence-corrected chi connectivity index (χ1v) is 4.18. The molecule has 3 heteroatoms. The zero-order valence-electron chi connectivity index (χ0n) is 7.81. The Bertz CT molecular complexity index is 105. The number of halogens is 1. The Kier molecular flexibility index (Phi) is 4.89. The molecule has 1 fully saturated rings. The van der Waals surface area contributed by atoms with E-state index in [0.717, 1.165) is 0 Å². The van der Waals surface area contributed by atoms with Crippen molar-refractivity contribution in [3.8, 4) is 0 Å². The van der Waals surface area contributed by atoms with E-state index < -0.39 is 0 Å². The van der Waals surface area contributed by atoms with E-state index in [2.05, 4.69) is 25.9 Å². The number of hydrogen-bond donors (Lipinski definition) is 0. The van der Waals surface area contributed by atoms with E-state index in [1.165, 1.54) is 37.2 Å². The number of likely N-dealkylation sites (N-methyl/N-ethyl adjacent to an activating group) is 2. The van der Waals surface area contributed by atoms with Crippen LogP contribution in [0.5, 0.6) is 0 Å². The van der Waals surface area contributed by atoms with Gasteiger partial charge in [-0.2, -0.15) is 0 Å². The van der Waals surface area contributed by atoms with Crippen molar-refractivity contribution in [3.05, 3.63) is 0 Å². The molecule has 0 radical (unpaired) electrons. The Balaban J connectivity index is 0.000001000. The highest BCUT2D eigenvalue weighted by atomic mass is 127. The normalized spacial score (nSPS) is 24.3. The lowest BCUT2D eigenvalue weighted by molar-refractivity contribution is -0.894. The predicted octanol–water partition coefficient (Wildman–Crippen LogP) is -2.60. The molecule has 0 aromatic heterocycles. The van der Waals surface area contributed by atoms with E-state index in [-0.39, 0.29) is 24.0 Å². The molecule has 0 aliphatic carbocycles. The molecular formula is C8H19IN2. The third-order valence-electron chi connectivity index (χ3n) is 2.49. The highest BCUT2D eigenvalue weighted by Crippen LogP contribution is 2.04. The third-order valence-corrected chi connectivity index (χ3v) is 2.49. The Hall–Kier alpha value is 0.650. The van der Waals surface area contributed by atoms with Crippen LogP contribution in [0.4, 0.5) is 0 Å². The second-order valence-electron chi connectivity index (χ2n) is 3.82. The minimum atomic E-state index is 0. The molecule has 0 spiro atoms. The Labute approximate surface area is 87.2 Å². The molecule has 1 aliphatic heterocycles. The molecular weight excluding hydrogens is 251 g/mol. The average molecular weight is 270 g/mol. The van der Waals surface area contributed by atoms with Gasteiger partial charge < -0.3 is 28.5 Å². The summed E-state index contributed by atoms with van der Waals surface area (Å²) in [6.45, 7) is 8.65. The monoisotopic (exact) mass is 270 g/mol. The molecule has 0 bridgehead atoms. The Morgan fingerprint density at radius 1 is 1.18 bits per heavy atom. The lowest BCUT2D eigenvalue weighted by Crippen LogP contribution is -3.00. The summed E-state index contributed by atoms with van der Waals surface area (Å²) in [4.78, 5) is 2.52. The van der Waals surface area contributed by atoms with Gasteiger partial charge in [0.15, 0.2) is 0 Å². The molecule has 0 atom stereocenters. The zero-order valence-corrected chi connectivity index (χ0v) is 9.97. The van der Waals surface area contributed by atoms with Crippen molar-refractivity contribution in [2.45, 2.75) is 6.92 Å². The van der Waals surface area contributed by atoms with E-state index >= 15 is 0 Å². The summed E-state index contributed by atoms with van der Waals surface area (Å²) in [5, 5.41) is 0. The highest BCUT2D eigenvalue weighted by Gasteiger charge is 2.22. The van der Waals surface area contributed by atoms with Gasteiger partial charge in [-0.15, -0.1) is 0 Å². The molecule has 68 valence electrons. The van der Waals surface area contributed by atoms with E-state index in [1.807, 2.05) is 0 Å². The molecule has 1 rings (SSSR count). The summed E-state index contributed by atoms with van der Waals surface area (Å²) in [5.74, 6) is 0. The van der Waals surface area contributed by atoms with E-state index in [9.17, 15) is 0 Å². The second-order valence-corrected chi connectivity index (χ2v) is 3.82. The van der Waals surface area contributed by atoms with Crippen molar-refractivity contribution < 1.29 is 28.5 Å². The SMILES string of the molecule is CCN1CC[N+](C)(C)CC1.[I-]. The van der Waals surface area contributed by atoms with Gasteiger partial charge in [0, 0.05) is 13.1 Å². The lowest BCUT2D eigenvalue weighted by atomic mass is 10.3. The molecule has 2 nitrogen and oxygen atoms in total. The van der Waals surface area contributed by atoms with Crippen LogP contribution in [0.2, 0.25) is 0 Å². The molecule has 0 aromatic rings. The molecule has 1 saturated heterocycles. The summed E-state index contributed by atoms with van der Waals surface area (Å²) in [5.41, 5.74) is 0. The van der Waals surface area contributed by atoms with Crippen molar-refractivity contribution in [1.82, 2.24) is 4.90 Å². The minimum Gasteiger partial charge on any atom is -1.00 e. The Morgan fingerprint density at radius 3 is 2.00 bits per heavy atom. The largest absolute Gasteiger partial charge is 1.00 e. The first-order chi connectivity index (χ1) is 4.64. The fourth-order valence-corrected chi connectivity index (χ4v) is 1.36. The summed E-state index contributed by atoms with van der Waals surface area (Å²) in [7, 11) is 4.62. The van der Waals surface area contributed by atoms with Gasteiger partial charge in [0.2, 0.25) is 0 Å². The van der Waals surface area contributed by atoms with Gasteiger partial charge in [0.25, 0.3) is 0 Å². The van der Waals surface area contributed by atoms with Crippen LogP contribution >= 0.6 is 0 Å². The molecule has 1 heterocycles. The van der Waals surface area contributed by atoms with Crippen molar-refractivity contribution in [2.75, 3.05) is 46.8 Å². The summed E-state index contributed by atoms with van der Waals surface area (Å²) in [6, 6.07) is 0. The Morgan fingerprint density at radius 2 is 1.64 bits per heavy atom. The molecule has 11 heavy (non-hydrogen) atoms. The number of quaternary nitrogens is 1. The average Bonchev–Trinajstić information content (AvgIpc) is 1.88. The first-order valence-electron chi connectivity index (χ1n) is 4.18. The number of rotatable bonds is 1. The molecule has 0 saturated carbocycles. The maximum atomic E-state index is 2.52. The topological polar surface area (TPSA) is 3.24 Å². The van der Waals surface area contributed by atoms with Gasteiger partial charge in [-0.05, 0) is 6.54 Å². The van der Waals surface area contributed by atoms with Crippen LogP contribution in [-0.2, 0) is 0 Å². The number of piperazine rings is 1. The minimum absolute atomic E-state index is 0. The van der Waals surface area contributed by atoms with Crippen LogP contribution < -0.4 is 24.0 Å². The van der Waals surface area contributed by atoms with Crippen molar-refractivity contribution in [2.24, 2.45) is 0 Å². The van der Waals surface area contributed by atoms with Gasteiger partial charge in [-0.25, -0.2) is 0 Å². The molecule has 0 aromatic carbocycles. The van der Waals surface area contributed by atoms with Crippen molar-refractivity contribution >= 4 is 0 Å². The van der Waals surface area contributed by atoms with E-state index in [4.69, 9.17) is 0 Å². The highest BCUT2D eigenvalue weighted by molar-refractivity contribution is 4.59. The molecule has 1 aliphatic rings. The van der Waals surface area contributed by atoms with Crippen LogP contribution in [0.25, 0.3) is 0 Å².